The van der Waals surface area contributed by atoms with E-state index in [9.17, 15) is 14.3 Å². The maximum absolute atomic E-state index is 14.4. The Bertz CT molecular complexity index is 1270. The fourth-order valence-electron chi connectivity index (χ4n) is 3.34. The van der Waals surface area contributed by atoms with Gasteiger partial charge in [0.2, 0.25) is 0 Å². The van der Waals surface area contributed by atoms with E-state index < -0.39 is 17.5 Å². The van der Waals surface area contributed by atoms with Gasteiger partial charge in [-0.15, -0.1) is 0 Å². The van der Waals surface area contributed by atoms with Crippen molar-refractivity contribution in [3.8, 4) is 16.9 Å². The van der Waals surface area contributed by atoms with Gasteiger partial charge in [0.1, 0.15) is 11.3 Å². The zero-order valence-electron chi connectivity index (χ0n) is 17.6. The summed E-state index contributed by atoms with van der Waals surface area (Å²) < 4.78 is 26.5. The SMILES string of the molecule is C=C/C=C(\C(=C/C)OC)c1cn(SI)c2ncc(-c3cc(F)c(O)c(C(=O)OC)c3)cc12. The van der Waals surface area contributed by atoms with Crippen molar-refractivity contribution in [3.63, 3.8) is 0 Å². The van der Waals surface area contributed by atoms with Gasteiger partial charge in [-0.3, -0.25) is 3.97 Å². The van der Waals surface area contributed by atoms with E-state index in [4.69, 9.17) is 4.74 Å². The summed E-state index contributed by atoms with van der Waals surface area (Å²) in [7, 11) is 4.21. The van der Waals surface area contributed by atoms with Gasteiger partial charge in [0.15, 0.2) is 17.2 Å². The lowest BCUT2D eigenvalue weighted by molar-refractivity contribution is 0.0596. The summed E-state index contributed by atoms with van der Waals surface area (Å²) in [5, 5.41) is 10.7. The van der Waals surface area contributed by atoms with E-state index in [0.717, 1.165) is 22.6 Å². The number of aromatic nitrogens is 2. The highest BCUT2D eigenvalue weighted by molar-refractivity contribution is 14.2. The van der Waals surface area contributed by atoms with Crippen LogP contribution in [0.5, 0.6) is 5.75 Å². The van der Waals surface area contributed by atoms with E-state index >= 15 is 0 Å². The summed E-state index contributed by atoms with van der Waals surface area (Å²) in [6, 6.07) is 4.39. The number of rotatable bonds is 7. The molecule has 0 aliphatic carbocycles. The third kappa shape index (κ3) is 4.40. The normalized spacial score (nSPS) is 12.2. The van der Waals surface area contributed by atoms with E-state index in [1.165, 1.54) is 22.3 Å². The number of pyridine rings is 1. The van der Waals surface area contributed by atoms with Crippen LogP contribution >= 0.6 is 30.3 Å². The van der Waals surface area contributed by atoms with Crippen LogP contribution in [0.2, 0.25) is 0 Å². The monoisotopic (exact) mass is 566 g/mol. The molecule has 2 aromatic heterocycles. The second kappa shape index (κ2) is 10.2. The van der Waals surface area contributed by atoms with Crippen molar-refractivity contribution in [2.45, 2.75) is 6.92 Å². The van der Waals surface area contributed by atoms with Gasteiger partial charge in [0.25, 0.3) is 0 Å². The Morgan fingerprint density at radius 3 is 2.59 bits per heavy atom. The zero-order valence-corrected chi connectivity index (χ0v) is 20.5. The molecule has 1 aromatic carbocycles. The van der Waals surface area contributed by atoms with Crippen LogP contribution in [0, 0.1) is 5.82 Å². The fraction of sp³-hybridized carbons (Fsp3) is 0.130. The number of hydrogen-bond acceptors (Lipinski definition) is 6. The van der Waals surface area contributed by atoms with Crippen LogP contribution in [0.4, 0.5) is 4.39 Å². The van der Waals surface area contributed by atoms with Crippen LogP contribution in [0.25, 0.3) is 27.7 Å². The molecule has 0 fully saturated rings. The molecule has 0 atom stereocenters. The number of allylic oxidation sites excluding steroid dienone is 4. The molecule has 6 nitrogen and oxygen atoms in total. The quantitative estimate of drug-likeness (QED) is 0.157. The number of hydrogen-bond donors (Lipinski definition) is 1. The first-order valence-electron chi connectivity index (χ1n) is 9.35. The summed E-state index contributed by atoms with van der Waals surface area (Å²) in [5.74, 6) is -1.85. The lowest BCUT2D eigenvalue weighted by Gasteiger charge is -2.11. The highest BCUT2D eigenvalue weighted by Gasteiger charge is 2.20. The van der Waals surface area contributed by atoms with E-state index in [1.807, 2.05) is 35.3 Å². The molecule has 0 unspecified atom stereocenters. The van der Waals surface area contributed by atoms with Crippen molar-refractivity contribution >= 4 is 52.9 Å². The fourth-order valence-corrected chi connectivity index (χ4v) is 4.60. The number of phenolic OH excluding ortho intramolecular Hbond substituents is 1. The smallest absolute Gasteiger partial charge is 0.341 e. The van der Waals surface area contributed by atoms with Crippen LogP contribution in [0.3, 0.4) is 0 Å². The third-order valence-corrected chi connectivity index (χ3v) is 6.51. The standard InChI is InChI=1S/C23H20FIN2O4S/c1-5-7-15(20(6-2)30-3)18-12-27(32-25)22-16(18)9-14(11-26-22)13-8-17(23(29)31-4)21(28)19(24)10-13/h5-12,28H,1H2,2-4H3/b15-7-,20-6+. The minimum Gasteiger partial charge on any atom is -0.504 e. The molecule has 0 radical (unpaired) electrons. The Kier molecular flexibility index (Phi) is 7.62. The number of benzene rings is 1. The van der Waals surface area contributed by atoms with Crippen molar-refractivity contribution in [1.82, 2.24) is 8.96 Å². The van der Waals surface area contributed by atoms with Gasteiger partial charge in [-0.1, -0.05) is 18.7 Å². The summed E-state index contributed by atoms with van der Waals surface area (Å²) in [6.45, 7) is 5.68. The molecule has 0 aliphatic rings. The minimum absolute atomic E-state index is 0.258. The average molecular weight is 566 g/mol. The van der Waals surface area contributed by atoms with Gasteiger partial charge in [-0.05, 0) is 36.8 Å². The van der Waals surface area contributed by atoms with Crippen LogP contribution < -0.4 is 0 Å². The number of methoxy groups -OCH3 is 2. The van der Waals surface area contributed by atoms with Crippen molar-refractivity contribution in [2.24, 2.45) is 0 Å². The average Bonchev–Trinajstić information content (AvgIpc) is 3.18. The number of phenols is 1. The largest absolute Gasteiger partial charge is 0.504 e. The molecule has 0 saturated carbocycles. The molecule has 2 heterocycles. The van der Waals surface area contributed by atoms with Gasteiger partial charge in [-0.25, -0.2) is 14.2 Å². The Morgan fingerprint density at radius 1 is 1.25 bits per heavy atom. The van der Waals surface area contributed by atoms with Crippen LogP contribution in [0.1, 0.15) is 22.8 Å². The lowest BCUT2D eigenvalue weighted by atomic mass is 9.99. The number of carbonyl (C=O) groups is 1. The van der Waals surface area contributed by atoms with Gasteiger partial charge in [-0.2, -0.15) is 0 Å². The van der Waals surface area contributed by atoms with E-state index in [2.05, 4.69) is 37.5 Å². The summed E-state index contributed by atoms with van der Waals surface area (Å²) >= 11 is 2.16. The highest BCUT2D eigenvalue weighted by Crippen LogP contribution is 2.37. The summed E-state index contributed by atoms with van der Waals surface area (Å²) in [5.41, 5.74) is 3.05. The predicted molar refractivity (Wildman–Crippen MR) is 134 cm³/mol. The second-order valence-corrected chi connectivity index (χ2v) is 8.26. The van der Waals surface area contributed by atoms with Gasteiger partial charge in [0.05, 0.1) is 14.2 Å². The van der Waals surface area contributed by atoms with Crippen LogP contribution in [-0.2, 0) is 9.47 Å². The van der Waals surface area contributed by atoms with Crippen molar-refractivity contribution in [1.29, 1.82) is 0 Å². The van der Waals surface area contributed by atoms with Crippen LogP contribution in [0.15, 0.2) is 61.2 Å². The molecule has 0 bridgehead atoms. The van der Waals surface area contributed by atoms with Gasteiger partial charge in [0, 0.05) is 64.8 Å². The zero-order chi connectivity index (χ0) is 23.4. The van der Waals surface area contributed by atoms with E-state index in [0.29, 0.717) is 22.5 Å². The Labute approximate surface area is 201 Å². The molecular weight excluding hydrogens is 546 g/mol. The van der Waals surface area contributed by atoms with Crippen molar-refractivity contribution < 1.29 is 23.8 Å². The van der Waals surface area contributed by atoms with Crippen molar-refractivity contribution in [2.75, 3.05) is 14.2 Å². The maximum Gasteiger partial charge on any atom is 0.341 e. The first kappa shape index (κ1) is 23.9. The molecule has 9 heteroatoms. The number of carbonyl (C=O) groups excluding carboxylic acids is 1. The number of esters is 1. The third-order valence-electron chi connectivity index (χ3n) is 4.81. The first-order chi connectivity index (χ1) is 15.4. The van der Waals surface area contributed by atoms with Crippen molar-refractivity contribution in [3.05, 3.63) is 78.1 Å². The van der Waals surface area contributed by atoms with E-state index in [1.54, 1.807) is 19.4 Å². The molecule has 0 spiro atoms. The number of halogens is 2. The topological polar surface area (TPSA) is 73.6 Å². The lowest BCUT2D eigenvalue weighted by Crippen LogP contribution is -2.03. The molecule has 166 valence electrons. The predicted octanol–water partition coefficient (Wildman–Crippen LogP) is 6.30. The molecule has 0 amide bonds. The number of aromatic hydroxyl groups is 1. The summed E-state index contributed by atoms with van der Waals surface area (Å²) in [4.78, 5) is 16.5. The second-order valence-electron chi connectivity index (χ2n) is 6.55. The van der Waals surface area contributed by atoms with E-state index in [-0.39, 0.29) is 5.56 Å². The molecule has 32 heavy (non-hydrogen) atoms. The Hall–Kier alpha value is -2.79. The van der Waals surface area contributed by atoms with Crippen LogP contribution in [-0.4, -0.2) is 34.3 Å². The Balaban J connectivity index is 2.29. The van der Waals surface area contributed by atoms with Gasteiger partial charge < -0.3 is 14.6 Å². The molecule has 0 saturated heterocycles. The molecule has 1 N–H and O–H groups in total. The number of nitrogens with zero attached hydrogens (tertiary/aromatic N) is 2. The van der Waals surface area contributed by atoms with Gasteiger partial charge >= 0.3 is 5.97 Å². The number of ether oxygens (including phenoxy) is 2. The Morgan fingerprint density at radius 2 is 2.00 bits per heavy atom. The molecule has 0 aliphatic heterocycles. The highest BCUT2D eigenvalue weighted by atomic mass is 127. The maximum atomic E-state index is 14.4. The first-order valence-corrected chi connectivity index (χ1v) is 12.7. The minimum atomic E-state index is -0.925. The molecular formula is C23H20FIN2O4S. The number of fused-ring (bicyclic) bond motifs is 1. The summed E-state index contributed by atoms with van der Waals surface area (Å²) in [6.07, 6.45) is 8.90. The molecule has 3 rings (SSSR count). The molecule has 3 aromatic rings.